The third kappa shape index (κ3) is 3.18. The van der Waals surface area contributed by atoms with E-state index >= 15 is 0 Å². The number of methoxy groups -OCH3 is 1. The molecule has 2 aliphatic heterocycles. The van der Waals surface area contributed by atoms with Gasteiger partial charge in [0.05, 0.1) is 7.11 Å². The summed E-state index contributed by atoms with van der Waals surface area (Å²) < 4.78 is 10.9. The molecule has 2 aliphatic rings. The number of carbonyl (C=O) groups excluding carboxylic acids is 1. The fourth-order valence-corrected chi connectivity index (χ4v) is 4.38. The van der Waals surface area contributed by atoms with Gasteiger partial charge in [-0.1, -0.05) is 19.9 Å². The lowest BCUT2D eigenvalue weighted by molar-refractivity contribution is -0.122. The van der Waals surface area contributed by atoms with Crippen LogP contribution in [0.15, 0.2) is 36.5 Å². The smallest absolute Gasteiger partial charge is 0.229 e. The monoisotopic (exact) mass is 380 g/mol. The Morgan fingerprint density at radius 2 is 2.00 bits per heavy atom. The molecule has 0 aliphatic carbocycles. The van der Waals surface area contributed by atoms with Crippen LogP contribution in [0.25, 0.3) is 11.1 Å². The van der Waals surface area contributed by atoms with Gasteiger partial charge in [-0.3, -0.25) is 4.79 Å². The summed E-state index contributed by atoms with van der Waals surface area (Å²) in [7, 11) is 1.63. The molecule has 5 heteroatoms. The fraction of sp³-hybridized carbons (Fsp3) is 0.478. The Morgan fingerprint density at radius 3 is 2.71 bits per heavy atom. The molecule has 5 nitrogen and oxygen atoms in total. The van der Waals surface area contributed by atoms with Crippen molar-refractivity contribution >= 4 is 11.6 Å². The Hall–Kier alpha value is -2.40. The number of ether oxygens (including phenoxy) is 2. The molecular weight excluding hydrogens is 352 g/mol. The number of amides is 1. The highest BCUT2D eigenvalue weighted by molar-refractivity contribution is 5.98. The summed E-state index contributed by atoms with van der Waals surface area (Å²) in [5.74, 6) is 0.866. The molecule has 1 saturated heterocycles. The van der Waals surface area contributed by atoms with Crippen LogP contribution in [-0.2, 0) is 14.9 Å². The second-order valence-corrected chi connectivity index (χ2v) is 7.95. The number of pyridine rings is 1. The van der Waals surface area contributed by atoms with Crippen molar-refractivity contribution in [2.75, 3.05) is 31.8 Å². The zero-order valence-electron chi connectivity index (χ0n) is 16.9. The molecule has 1 aromatic carbocycles. The lowest BCUT2D eigenvalue weighted by atomic mass is 9.75. The van der Waals surface area contributed by atoms with Crippen molar-refractivity contribution in [2.45, 2.75) is 38.5 Å². The summed E-state index contributed by atoms with van der Waals surface area (Å²) in [6.07, 6.45) is 4.53. The number of fused-ring (bicyclic) bond motifs is 2. The van der Waals surface area contributed by atoms with Crippen molar-refractivity contribution in [3.63, 3.8) is 0 Å². The third-order valence-electron chi connectivity index (χ3n) is 6.35. The first kappa shape index (κ1) is 18.9. The highest BCUT2D eigenvalue weighted by Crippen LogP contribution is 2.48. The summed E-state index contributed by atoms with van der Waals surface area (Å²) in [5, 5.41) is 0. The number of anilines is 1. The number of nitrogens with zero attached hydrogens (tertiary/aromatic N) is 2. The van der Waals surface area contributed by atoms with Gasteiger partial charge in [0.1, 0.15) is 0 Å². The molecule has 0 saturated carbocycles. The molecule has 1 spiro atoms. The highest BCUT2D eigenvalue weighted by Gasteiger charge is 2.46. The molecule has 148 valence electrons. The second-order valence-electron chi connectivity index (χ2n) is 7.95. The van der Waals surface area contributed by atoms with Crippen LogP contribution < -0.4 is 9.64 Å². The quantitative estimate of drug-likeness (QED) is 0.798. The largest absolute Gasteiger partial charge is 0.481 e. The Morgan fingerprint density at radius 1 is 1.25 bits per heavy atom. The van der Waals surface area contributed by atoms with Gasteiger partial charge in [-0.25, -0.2) is 4.98 Å². The molecular formula is C23H28N2O3. The normalized spacial score (nSPS) is 18.8. The molecule has 0 N–H and O–H groups in total. The van der Waals surface area contributed by atoms with E-state index in [1.165, 1.54) is 5.56 Å². The summed E-state index contributed by atoms with van der Waals surface area (Å²) in [6, 6.07) is 10.4. The standard InChI is InChI=1S/C23H28N2O3/c1-4-16(2)22(26)25-15-23(8-11-28-12-9-23)19-13-17(5-6-20(19)25)18-7-10-24-21(14-18)27-3/h5-7,10,13-14,16H,4,8-9,11-12,15H2,1-3H3/t16-/m1/s1. The molecule has 1 aromatic heterocycles. The van der Waals surface area contributed by atoms with Crippen molar-refractivity contribution in [1.29, 1.82) is 0 Å². The van der Waals surface area contributed by atoms with Crippen LogP contribution in [0.5, 0.6) is 5.88 Å². The van der Waals surface area contributed by atoms with Crippen LogP contribution in [0.4, 0.5) is 5.69 Å². The van der Waals surface area contributed by atoms with Gasteiger partial charge in [0.15, 0.2) is 0 Å². The van der Waals surface area contributed by atoms with Crippen molar-refractivity contribution in [2.24, 2.45) is 5.92 Å². The number of rotatable bonds is 4. The number of benzene rings is 1. The SMILES string of the molecule is CC[C@@H](C)C(=O)N1CC2(CCOCC2)c2cc(-c3ccnc(OC)c3)ccc21. The Balaban J connectivity index is 1.79. The second kappa shape index (κ2) is 7.55. The number of hydrogen-bond acceptors (Lipinski definition) is 4. The minimum atomic E-state index is -0.0101. The first-order valence-electron chi connectivity index (χ1n) is 10.1. The van der Waals surface area contributed by atoms with E-state index in [1.807, 2.05) is 24.0 Å². The van der Waals surface area contributed by atoms with E-state index in [0.717, 1.165) is 55.8 Å². The molecule has 1 atom stereocenters. The van der Waals surface area contributed by atoms with E-state index in [0.29, 0.717) is 5.88 Å². The van der Waals surface area contributed by atoms with Gasteiger partial charge in [-0.2, -0.15) is 0 Å². The maximum absolute atomic E-state index is 13.1. The van der Waals surface area contributed by atoms with Crippen LogP contribution in [0.2, 0.25) is 0 Å². The van der Waals surface area contributed by atoms with E-state index in [-0.39, 0.29) is 17.2 Å². The third-order valence-corrected chi connectivity index (χ3v) is 6.35. The summed E-state index contributed by atoms with van der Waals surface area (Å²) in [5.41, 5.74) is 4.54. The topological polar surface area (TPSA) is 51.7 Å². The van der Waals surface area contributed by atoms with Crippen LogP contribution in [0.1, 0.15) is 38.7 Å². The van der Waals surface area contributed by atoms with Gasteiger partial charge in [-0.15, -0.1) is 0 Å². The zero-order valence-corrected chi connectivity index (χ0v) is 16.9. The Labute approximate surface area is 166 Å². The van der Waals surface area contributed by atoms with Gasteiger partial charge in [0.25, 0.3) is 0 Å². The van der Waals surface area contributed by atoms with Crippen LogP contribution in [0, 0.1) is 5.92 Å². The zero-order chi connectivity index (χ0) is 19.7. The average molecular weight is 380 g/mol. The summed E-state index contributed by atoms with van der Waals surface area (Å²) >= 11 is 0. The number of aromatic nitrogens is 1. The van der Waals surface area contributed by atoms with E-state index in [9.17, 15) is 4.79 Å². The fourth-order valence-electron chi connectivity index (χ4n) is 4.38. The number of hydrogen-bond donors (Lipinski definition) is 0. The van der Waals surface area contributed by atoms with Gasteiger partial charge >= 0.3 is 0 Å². The Bertz CT molecular complexity index is 874. The van der Waals surface area contributed by atoms with Crippen LogP contribution >= 0.6 is 0 Å². The molecule has 0 unspecified atom stereocenters. The lowest BCUT2D eigenvalue weighted by Gasteiger charge is -2.34. The van der Waals surface area contributed by atoms with Gasteiger partial charge < -0.3 is 14.4 Å². The average Bonchev–Trinajstić information content (AvgIpc) is 3.06. The molecule has 1 amide bonds. The molecule has 0 bridgehead atoms. The predicted octanol–water partition coefficient (Wildman–Crippen LogP) is 4.20. The maximum Gasteiger partial charge on any atom is 0.229 e. The molecule has 4 rings (SSSR count). The van der Waals surface area contributed by atoms with E-state index < -0.39 is 0 Å². The highest BCUT2D eigenvalue weighted by atomic mass is 16.5. The van der Waals surface area contributed by atoms with Crippen molar-refractivity contribution < 1.29 is 14.3 Å². The predicted molar refractivity (Wildman–Crippen MR) is 110 cm³/mol. The summed E-state index contributed by atoms with van der Waals surface area (Å²) in [4.78, 5) is 19.3. The molecule has 1 fully saturated rings. The van der Waals surface area contributed by atoms with Gasteiger partial charge in [0, 0.05) is 49.0 Å². The first-order valence-corrected chi connectivity index (χ1v) is 10.1. The van der Waals surface area contributed by atoms with Gasteiger partial charge in [-0.05, 0) is 54.2 Å². The van der Waals surface area contributed by atoms with Crippen molar-refractivity contribution in [3.05, 3.63) is 42.1 Å². The van der Waals surface area contributed by atoms with E-state index in [2.05, 4.69) is 30.1 Å². The van der Waals surface area contributed by atoms with E-state index in [4.69, 9.17) is 9.47 Å². The molecule has 3 heterocycles. The number of carbonyl (C=O) groups is 1. The minimum absolute atomic E-state index is 0.0101. The Kier molecular flexibility index (Phi) is 5.11. The molecule has 0 radical (unpaired) electrons. The van der Waals surface area contributed by atoms with Crippen LogP contribution in [0.3, 0.4) is 0 Å². The molecule has 2 aromatic rings. The minimum Gasteiger partial charge on any atom is -0.481 e. The van der Waals surface area contributed by atoms with Gasteiger partial charge in [0.2, 0.25) is 11.8 Å². The lowest BCUT2D eigenvalue weighted by Crippen LogP contribution is -2.42. The maximum atomic E-state index is 13.1. The molecule has 28 heavy (non-hydrogen) atoms. The van der Waals surface area contributed by atoms with Crippen molar-refractivity contribution in [1.82, 2.24) is 4.98 Å². The van der Waals surface area contributed by atoms with Crippen LogP contribution in [-0.4, -0.2) is 37.8 Å². The first-order chi connectivity index (χ1) is 13.6. The summed E-state index contributed by atoms with van der Waals surface area (Å²) in [6.45, 7) is 6.35. The van der Waals surface area contributed by atoms with E-state index in [1.54, 1.807) is 13.3 Å². The van der Waals surface area contributed by atoms with Crippen molar-refractivity contribution in [3.8, 4) is 17.0 Å².